The van der Waals surface area contributed by atoms with Crippen molar-refractivity contribution >= 4 is 0 Å². The molecule has 0 bridgehead atoms. The summed E-state index contributed by atoms with van der Waals surface area (Å²) in [7, 11) is 0. The van der Waals surface area contributed by atoms with Crippen molar-refractivity contribution in [2.75, 3.05) is 19.8 Å². The fourth-order valence-corrected chi connectivity index (χ4v) is 4.28. The normalized spacial score (nSPS) is 35.1. The Balaban J connectivity index is 1.99. The summed E-state index contributed by atoms with van der Waals surface area (Å²) < 4.78 is 5.80. The van der Waals surface area contributed by atoms with E-state index < -0.39 is 0 Å². The van der Waals surface area contributed by atoms with Gasteiger partial charge in [-0.3, -0.25) is 0 Å². The van der Waals surface area contributed by atoms with Crippen LogP contribution in [0.4, 0.5) is 0 Å². The molecule has 1 aliphatic heterocycles. The highest BCUT2D eigenvalue weighted by molar-refractivity contribution is 4.88. The first kappa shape index (κ1) is 17.3. The predicted molar refractivity (Wildman–Crippen MR) is 90.5 cm³/mol. The quantitative estimate of drug-likeness (QED) is 0.825. The zero-order valence-electron chi connectivity index (χ0n) is 15.0. The van der Waals surface area contributed by atoms with Gasteiger partial charge in [-0.05, 0) is 89.0 Å². The molecular weight excluding hydrogens is 258 g/mol. The van der Waals surface area contributed by atoms with Crippen molar-refractivity contribution in [1.82, 2.24) is 5.32 Å². The van der Waals surface area contributed by atoms with Gasteiger partial charge in [-0.15, -0.1) is 0 Å². The molecule has 2 aliphatic rings. The summed E-state index contributed by atoms with van der Waals surface area (Å²) in [6.45, 7) is 14.9. The van der Waals surface area contributed by atoms with Crippen LogP contribution in [0.25, 0.3) is 0 Å². The van der Waals surface area contributed by atoms with Crippen molar-refractivity contribution in [3.05, 3.63) is 0 Å². The molecule has 0 aromatic carbocycles. The zero-order chi connectivity index (χ0) is 15.5. The molecule has 2 nitrogen and oxygen atoms in total. The lowest BCUT2D eigenvalue weighted by molar-refractivity contribution is -0.00800. The van der Waals surface area contributed by atoms with Crippen LogP contribution in [0.15, 0.2) is 0 Å². The van der Waals surface area contributed by atoms with E-state index >= 15 is 0 Å². The second kappa shape index (κ2) is 7.46. The standard InChI is InChI=1S/C19H37NO/c1-14(2)15-8-9-16(12-20-19(3,4)5)18(11-15)17-7-6-10-21-13-17/h14-18,20H,6-13H2,1-5H3. The number of nitrogens with one attached hydrogen (secondary N) is 1. The third-order valence-corrected chi connectivity index (χ3v) is 5.73. The van der Waals surface area contributed by atoms with E-state index in [1.165, 1.54) is 38.6 Å². The molecule has 1 heterocycles. The SMILES string of the molecule is CC(C)C1CCC(CNC(C)(C)C)C(C2CCCOC2)C1. The second-order valence-electron chi connectivity index (χ2n) is 8.85. The summed E-state index contributed by atoms with van der Waals surface area (Å²) in [5.74, 6) is 4.32. The molecule has 1 N–H and O–H groups in total. The second-order valence-corrected chi connectivity index (χ2v) is 8.85. The van der Waals surface area contributed by atoms with Crippen molar-refractivity contribution in [2.24, 2.45) is 29.6 Å². The molecule has 0 amide bonds. The lowest BCUT2D eigenvalue weighted by Crippen LogP contribution is -2.45. The lowest BCUT2D eigenvalue weighted by Gasteiger charge is -2.44. The molecule has 2 rings (SSSR count). The van der Waals surface area contributed by atoms with Gasteiger partial charge in [0.1, 0.15) is 0 Å². The highest BCUT2D eigenvalue weighted by Gasteiger charge is 2.37. The molecule has 0 aromatic heterocycles. The van der Waals surface area contributed by atoms with Gasteiger partial charge >= 0.3 is 0 Å². The minimum atomic E-state index is 0.239. The van der Waals surface area contributed by atoms with Gasteiger partial charge in [-0.2, -0.15) is 0 Å². The van der Waals surface area contributed by atoms with Crippen molar-refractivity contribution in [3.63, 3.8) is 0 Å². The van der Waals surface area contributed by atoms with E-state index in [4.69, 9.17) is 4.74 Å². The maximum absolute atomic E-state index is 5.80. The zero-order valence-corrected chi connectivity index (χ0v) is 15.0. The van der Waals surface area contributed by atoms with Crippen molar-refractivity contribution in [1.29, 1.82) is 0 Å². The van der Waals surface area contributed by atoms with Crippen LogP contribution < -0.4 is 5.32 Å². The van der Waals surface area contributed by atoms with Crippen LogP contribution in [-0.4, -0.2) is 25.3 Å². The molecule has 21 heavy (non-hydrogen) atoms. The van der Waals surface area contributed by atoms with E-state index in [1.54, 1.807) is 0 Å². The predicted octanol–water partition coefficient (Wildman–Crippen LogP) is 4.49. The van der Waals surface area contributed by atoms with Gasteiger partial charge in [0.2, 0.25) is 0 Å². The number of rotatable bonds is 4. The van der Waals surface area contributed by atoms with Gasteiger partial charge < -0.3 is 10.1 Å². The Bertz CT molecular complexity index is 301. The average Bonchev–Trinajstić information content (AvgIpc) is 2.45. The largest absolute Gasteiger partial charge is 0.381 e. The van der Waals surface area contributed by atoms with Crippen LogP contribution in [0.1, 0.15) is 66.7 Å². The van der Waals surface area contributed by atoms with Crippen LogP contribution in [-0.2, 0) is 4.74 Å². The molecule has 1 saturated carbocycles. The third kappa shape index (κ3) is 5.25. The van der Waals surface area contributed by atoms with Crippen LogP contribution in [0.5, 0.6) is 0 Å². The number of hydrogen-bond acceptors (Lipinski definition) is 2. The Labute approximate surface area is 132 Å². The van der Waals surface area contributed by atoms with Crippen LogP contribution in [0, 0.1) is 29.6 Å². The minimum absolute atomic E-state index is 0.239. The van der Waals surface area contributed by atoms with Gasteiger partial charge in [0.05, 0.1) is 0 Å². The van der Waals surface area contributed by atoms with Gasteiger partial charge in [0.25, 0.3) is 0 Å². The molecule has 124 valence electrons. The van der Waals surface area contributed by atoms with E-state index in [0.717, 1.165) is 42.8 Å². The number of ether oxygens (including phenoxy) is 1. The van der Waals surface area contributed by atoms with Gasteiger partial charge in [-0.1, -0.05) is 13.8 Å². The van der Waals surface area contributed by atoms with Gasteiger partial charge in [0.15, 0.2) is 0 Å². The molecule has 1 aliphatic carbocycles. The molecule has 1 saturated heterocycles. The van der Waals surface area contributed by atoms with Crippen LogP contribution in [0.3, 0.4) is 0 Å². The van der Waals surface area contributed by atoms with E-state index in [0.29, 0.717) is 0 Å². The minimum Gasteiger partial charge on any atom is -0.381 e. The molecule has 0 spiro atoms. The van der Waals surface area contributed by atoms with E-state index in [9.17, 15) is 0 Å². The van der Waals surface area contributed by atoms with Gasteiger partial charge in [-0.25, -0.2) is 0 Å². The molecule has 4 atom stereocenters. The summed E-state index contributed by atoms with van der Waals surface area (Å²) in [5, 5.41) is 3.76. The number of hydrogen-bond donors (Lipinski definition) is 1. The summed E-state index contributed by atoms with van der Waals surface area (Å²) >= 11 is 0. The Morgan fingerprint density at radius 2 is 1.90 bits per heavy atom. The van der Waals surface area contributed by atoms with E-state index in [-0.39, 0.29) is 5.54 Å². The first-order valence-corrected chi connectivity index (χ1v) is 9.19. The maximum Gasteiger partial charge on any atom is 0.0497 e. The maximum atomic E-state index is 5.80. The third-order valence-electron chi connectivity index (χ3n) is 5.73. The van der Waals surface area contributed by atoms with E-state index in [1.807, 2.05) is 0 Å². The lowest BCUT2D eigenvalue weighted by atomic mass is 9.65. The van der Waals surface area contributed by atoms with Crippen LogP contribution in [0.2, 0.25) is 0 Å². The summed E-state index contributed by atoms with van der Waals surface area (Å²) in [5.41, 5.74) is 0.239. The summed E-state index contributed by atoms with van der Waals surface area (Å²) in [6, 6.07) is 0. The Hall–Kier alpha value is -0.0800. The van der Waals surface area contributed by atoms with E-state index in [2.05, 4.69) is 39.9 Å². The van der Waals surface area contributed by atoms with Crippen LogP contribution >= 0.6 is 0 Å². The summed E-state index contributed by atoms with van der Waals surface area (Å²) in [6.07, 6.45) is 6.93. The van der Waals surface area contributed by atoms with Crippen molar-refractivity contribution < 1.29 is 4.74 Å². The van der Waals surface area contributed by atoms with Gasteiger partial charge in [0, 0.05) is 18.8 Å². The van der Waals surface area contributed by atoms with Crippen molar-refractivity contribution in [3.8, 4) is 0 Å². The first-order valence-electron chi connectivity index (χ1n) is 9.19. The molecule has 0 radical (unpaired) electrons. The average molecular weight is 296 g/mol. The molecular formula is C19H37NO. The molecule has 0 aromatic rings. The monoisotopic (exact) mass is 295 g/mol. The highest BCUT2D eigenvalue weighted by atomic mass is 16.5. The topological polar surface area (TPSA) is 21.3 Å². The molecule has 2 fully saturated rings. The smallest absolute Gasteiger partial charge is 0.0497 e. The first-order chi connectivity index (χ1) is 9.87. The molecule has 2 heteroatoms. The molecule has 4 unspecified atom stereocenters. The Morgan fingerprint density at radius 3 is 2.48 bits per heavy atom. The Kier molecular flexibility index (Phi) is 6.14. The highest BCUT2D eigenvalue weighted by Crippen LogP contribution is 2.43. The summed E-state index contributed by atoms with van der Waals surface area (Å²) in [4.78, 5) is 0. The Morgan fingerprint density at radius 1 is 1.14 bits per heavy atom. The van der Waals surface area contributed by atoms with Crippen molar-refractivity contribution in [2.45, 2.75) is 72.3 Å². The fourth-order valence-electron chi connectivity index (χ4n) is 4.28. The fraction of sp³-hybridized carbons (Fsp3) is 1.00.